The van der Waals surface area contributed by atoms with E-state index in [0.29, 0.717) is 12.1 Å². The molecule has 4 N–H and O–H groups in total. The van der Waals surface area contributed by atoms with Crippen molar-refractivity contribution in [1.29, 1.82) is 0 Å². The molecule has 2 unspecified atom stereocenters. The van der Waals surface area contributed by atoms with Crippen LogP contribution in [0.5, 0.6) is 0 Å². The Morgan fingerprint density at radius 2 is 2.36 bits per heavy atom. The van der Waals surface area contributed by atoms with Gasteiger partial charge in [-0.25, -0.2) is 0 Å². The lowest BCUT2D eigenvalue weighted by molar-refractivity contribution is 0.384. The molecule has 0 spiro atoms. The van der Waals surface area contributed by atoms with E-state index in [1.807, 2.05) is 0 Å². The summed E-state index contributed by atoms with van der Waals surface area (Å²) in [6.07, 6.45) is 2.32. The number of nitrogens with one attached hydrogen (secondary N) is 2. The molecule has 1 aliphatic rings. The molecule has 0 aliphatic carbocycles. The van der Waals surface area contributed by atoms with Gasteiger partial charge in [0.15, 0.2) is 0 Å². The molecule has 11 heavy (non-hydrogen) atoms. The fourth-order valence-electron chi connectivity index (χ4n) is 1.38. The fraction of sp³-hybridized carbons (Fsp3) is 1.00. The maximum atomic E-state index is 5.66. The highest BCUT2D eigenvalue weighted by Gasteiger charge is 2.11. The van der Waals surface area contributed by atoms with Gasteiger partial charge < -0.3 is 16.4 Å². The standard InChI is InChI=1S/C8H19N3/c1-7(9)2-3-8-6-10-4-5-11-8/h7-8,10-11H,2-6,9H2,1H3. The molecule has 0 amide bonds. The van der Waals surface area contributed by atoms with Crippen LogP contribution in [0.1, 0.15) is 19.8 Å². The van der Waals surface area contributed by atoms with E-state index in [0.717, 1.165) is 26.1 Å². The number of piperazine rings is 1. The normalized spacial score (nSPS) is 28.4. The molecule has 66 valence electrons. The maximum absolute atomic E-state index is 5.66. The summed E-state index contributed by atoms with van der Waals surface area (Å²) in [5, 5.41) is 6.81. The SMILES string of the molecule is CC(N)CCC1CNCCN1. The van der Waals surface area contributed by atoms with E-state index in [4.69, 9.17) is 5.73 Å². The van der Waals surface area contributed by atoms with Crippen molar-refractivity contribution >= 4 is 0 Å². The Morgan fingerprint density at radius 1 is 1.55 bits per heavy atom. The zero-order valence-electron chi connectivity index (χ0n) is 7.27. The summed E-state index contributed by atoms with van der Waals surface area (Å²) in [6.45, 7) is 5.38. The van der Waals surface area contributed by atoms with Crippen LogP contribution in [-0.2, 0) is 0 Å². The van der Waals surface area contributed by atoms with E-state index < -0.39 is 0 Å². The van der Waals surface area contributed by atoms with Gasteiger partial charge in [0.2, 0.25) is 0 Å². The van der Waals surface area contributed by atoms with Gasteiger partial charge in [-0.3, -0.25) is 0 Å². The Balaban J connectivity index is 2.05. The predicted octanol–water partition coefficient (Wildman–Crippen LogP) is -0.325. The molecular weight excluding hydrogens is 138 g/mol. The second kappa shape index (κ2) is 4.70. The van der Waals surface area contributed by atoms with E-state index in [1.54, 1.807) is 0 Å². The molecule has 0 aromatic carbocycles. The van der Waals surface area contributed by atoms with Crippen LogP contribution in [0, 0.1) is 0 Å². The first kappa shape index (κ1) is 8.97. The van der Waals surface area contributed by atoms with Gasteiger partial charge in [0, 0.05) is 31.7 Å². The van der Waals surface area contributed by atoms with Gasteiger partial charge >= 0.3 is 0 Å². The Labute approximate surface area is 68.7 Å². The van der Waals surface area contributed by atoms with Crippen LogP contribution in [0.3, 0.4) is 0 Å². The zero-order valence-corrected chi connectivity index (χ0v) is 7.27. The molecule has 1 aliphatic heterocycles. The van der Waals surface area contributed by atoms with Crippen LogP contribution < -0.4 is 16.4 Å². The van der Waals surface area contributed by atoms with Gasteiger partial charge in [-0.2, -0.15) is 0 Å². The molecule has 0 bridgehead atoms. The van der Waals surface area contributed by atoms with Crippen molar-refractivity contribution in [3.63, 3.8) is 0 Å². The summed E-state index contributed by atoms with van der Waals surface area (Å²) in [5.74, 6) is 0. The zero-order chi connectivity index (χ0) is 8.10. The predicted molar refractivity (Wildman–Crippen MR) is 47.5 cm³/mol. The highest BCUT2D eigenvalue weighted by molar-refractivity contribution is 4.76. The van der Waals surface area contributed by atoms with E-state index in [-0.39, 0.29) is 0 Å². The smallest absolute Gasteiger partial charge is 0.0193 e. The molecule has 1 fully saturated rings. The average molecular weight is 157 g/mol. The summed E-state index contributed by atoms with van der Waals surface area (Å²) < 4.78 is 0. The van der Waals surface area contributed by atoms with Crippen LogP contribution in [0.4, 0.5) is 0 Å². The monoisotopic (exact) mass is 157 g/mol. The topological polar surface area (TPSA) is 50.1 Å². The third-order valence-electron chi connectivity index (χ3n) is 2.10. The Bertz CT molecular complexity index is 97.5. The molecule has 2 atom stereocenters. The molecular formula is C8H19N3. The highest BCUT2D eigenvalue weighted by Crippen LogP contribution is 2.00. The Hall–Kier alpha value is -0.120. The van der Waals surface area contributed by atoms with Crippen LogP contribution in [0.15, 0.2) is 0 Å². The summed E-state index contributed by atoms with van der Waals surface area (Å²) in [7, 11) is 0. The summed E-state index contributed by atoms with van der Waals surface area (Å²) in [6, 6.07) is 0.994. The van der Waals surface area contributed by atoms with Crippen LogP contribution in [0.25, 0.3) is 0 Å². The average Bonchev–Trinajstić information content (AvgIpc) is 2.03. The third-order valence-corrected chi connectivity index (χ3v) is 2.10. The first-order chi connectivity index (χ1) is 5.29. The number of hydrogen-bond acceptors (Lipinski definition) is 3. The van der Waals surface area contributed by atoms with E-state index in [1.165, 1.54) is 6.42 Å². The molecule has 1 heterocycles. The van der Waals surface area contributed by atoms with E-state index >= 15 is 0 Å². The first-order valence-electron chi connectivity index (χ1n) is 4.48. The van der Waals surface area contributed by atoms with Crippen molar-refractivity contribution < 1.29 is 0 Å². The van der Waals surface area contributed by atoms with Crippen LogP contribution >= 0.6 is 0 Å². The number of rotatable bonds is 3. The van der Waals surface area contributed by atoms with Gasteiger partial charge in [0.25, 0.3) is 0 Å². The molecule has 1 rings (SSSR count). The van der Waals surface area contributed by atoms with Crippen molar-refractivity contribution in [1.82, 2.24) is 10.6 Å². The first-order valence-corrected chi connectivity index (χ1v) is 4.48. The second-order valence-electron chi connectivity index (χ2n) is 3.41. The van der Waals surface area contributed by atoms with Gasteiger partial charge in [-0.1, -0.05) is 0 Å². The van der Waals surface area contributed by atoms with E-state index in [9.17, 15) is 0 Å². The summed E-state index contributed by atoms with van der Waals surface area (Å²) >= 11 is 0. The number of hydrogen-bond donors (Lipinski definition) is 3. The molecule has 0 saturated carbocycles. The van der Waals surface area contributed by atoms with Crippen molar-refractivity contribution in [2.24, 2.45) is 5.73 Å². The van der Waals surface area contributed by atoms with Crippen LogP contribution in [0.2, 0.25) is 0 Å². The quantitative estimate of drug-likeness (QED) is 0.526. The van der Waals surface area contributed by atoms with Gasteiger partial charge in [0.1, 0.15) is 0 Å². The lowest BCUT2D eigenvalue weighted by Crippen LogP contribution is -2.48. The maximum Gasteiger partial charge on any atom is 0.0193 e. The highest BCUT2D eigenvalue weighted by atomic mass is 15.0. The van der Waals surface area contributed by atoms with Crippen molar-refractivity contribution in [3.05, 3.63) is 0 Å². The minimum absolute atomic E-state index is 0.346. The van der Waals surface area contributed by atoms with E-state index in [2.05, 4.69) is 17.6 Å². The Morgan fingerprint density at radius 3 is 2.91 bits per heavy atom. The third kappa shape index (κ3) is 3.70. The minimum atomic E-state index is 0.346. The van der Waals surface area contributed by atoms with Crippen molar-refractivity contribution in [2.75, 3.05) is 19.6 Å². The van der Waals surface area contributed by atoms with Gasteiger partial charge in [0.05, 0.1) is 0 Å². The fourth-order valence-corrected chi connectivity index (χ4v) is 1.38. The lowest BCUT2D eigenvalue weighted by Gasteiger charge is -2.24. The molecule has 1 saturated heterocycles. The summed E-state index contributed by atoms with van der Waals surface area (Å²) in [5.41, 5.74) is 5.66. The van der Waals surface area contributed by atoms with Crippen molar-refractivity contribution in [3.8, 4) is 0 Å². The molecule has 0 radical (unpaired) electrons. The summed E-state index contributed by atoms with van der Waals surface area (Å²) in [4.78, 5) is 0. The largest absolute Gasteiger partial charge is 0.328 e. The van der Waals surface area contributed by atoms with Crippen molar-refractivity contribution in [2.45, 2.75) is 31.8 Å². The van der Waals surface area contributed by atoms with Gasteiger partial charge in [-0.15, -0.1) is 0 Å². The molecule has 3 heteroatoms. The second-order valence-corrected chi connectivity index (χ2v) is 3.41. The lowest BCUT2D eigenvalue weighted by atomic mass is 10.1. The number of nitrogens with two attached hydrogens (primary N) is 1. The molecule has 3 nitrogen and oxygen atoms in total. The molecule has 0 aromatic rings. The minimum Gasteiger partial charge on any atom is -0.328 e. The Kier molecular flexibility index (Phi) is 3.83. The van der Waals surface area contributed by atoms with Gasteiger partial charge in [-0.05, 0) is 19.8 Å². The van der Waals surface area contributed by atoms with Crippen LogP contribution in [-0.4, -0.2) is 31.7 Å². The molecule has 0 aromatic heterocycles.